The van der Waals surface area contributed by atoms with Gasteiger partial charge in [-0.05, 0) is 45.4 Å². The van der Waals surface area contributed by atoms with E-state index in [2.05, 4.69) is 48.1 Å². The summed E-state index contributed by atoms with van der Waals surface area (Å²) in [6.07, 6.45) is 0. The molecule has 0 saturated carbocycles. The number of fused-ring (bicyclic) bond motifs is 1. The van der Waals surface area contributed by atoms with Crippen molar-refractivity contribution >= 4 is 33.3 Å². The summed E-state index contributed by atoms with van der Waals surface area (Å²) in [6.45, 7) is 8.16. The zero-order chi connectivity index (χ0) is 15.9. The molecule has 2 heterocycles. The number of hydrogen-bond acceptors (Lipinski definition) is 4. The van der Waals surface area contributed by atoms with Crippen molar-refractivity contribution in [1.82, 2.24) is 9.97 Å². The second-order valence-electron chi connectivity index (χ2n) is 5.49. The van der Waals surface area contributed by atoms with Crippen LogP contribution >= 0.6 is 23.1 Å². The Morgan fingerprint density at radius 1 is 1.18 bits per heavy atom. The fraction of sp³-hybridized carbons (Fsp3) is 0.294. The first-order valence-electron chi connectivity index (χ1n) is 7.19. The topological polar surface area (TPSA) is 45.8 Å². The lowest BCUT2D eigenvalue weighted by atomic mass is 10.2. The van der Waals surface area contributed by atoms with Gasteiger partial charge in [-0.3, -0.25) is 4.79 Å². The van der Waals surface area contributed by atoms with E-state index in [0.29, 0.717) is 0 Å². The van der Waals surface area contributed by atoms with Crippen LogP contribution in [0.25, 0.3) is 10.2 Å². The van der Waals surface area contributed by atoms with E-state index in [1.165, 1.54) is 10.5 Å². The summed E-state index contributed by atoms with van der Waals surface area (Å²) in [5.41, 5.74) is 2.26. The van der Waals surface area contributed by atoms with Gasteiger partial charge in [0, 0.05) is 9.77 Å². The molecule has 5 heteroatoms. The summed E-state index contributed by atoms with van der Waals surface area (Å²) in [4.78, 5) is 23.1. The molecule has 0 fully saturated rings. The van der Waals surface area contributed by atoms with Crippen LogP contribution in [-0.2, 0) is 0 Å². The minimum Gasteiger partial charge on any atom is -0.309 e. The molecule has 1 atom stereocenters. The molecule has 1 aromatic carbocycles. The molecule has 0 aliphatic carbocycles. The highest BCUT2D eigenvalue weighted by molar-refractivity contribution is 7.99. The van der Waals surface area contributed by atoms with Crippen molar-refractivity contribution in [2.45, 2.75) is 37.8 Å². The van der Waals surface area contributed by atoms with Crippen LogP contribution in [0.4, 0.5) is 0 Å². The fourth-order valence-electron chi connectivity index (χ4n) is 2.34. The summed E-state index contributed by atoms with van der Waals surface area (Å²) in [6, 6.07) is 8.40. The van der Waals surface area contributed by atoms with Gasteiger partial charge in [0.05, 0.1) is 10.6 Å². The quantitative estimate of drug-likeness (QED) is 0.704. The largest absolute Gasteiger partial charge is 0.309 e. The van der Waals surface area contributed by atoms with Crippen molar-refractivity contribution in [3.05, 3.63) is 56.4 Å². The summed E-state index contributed by atoms with van der Waals surface area (Å²) >= 11 is 3.30. The van der Waals surface area contributed by atoms with E-state index in [1.807, 2.05) is 13.8 Å². The second kappa shape index (κ2) is 5.89. The van der Waals surface area contributed by atoms with E-state index in [-0.39, 0.29) is 10.8 Å². The molecule has 1 N–H and O–H groups in total. The highest BCUT2D eigenvalue weighted by Crippen LogP contribution is 2.34. The first-order valence-corrected chi connectivity index (χ1v) is 8.88. The number of aromatic nitrogens is 2. The Balaban J connectivity index is 1.95. The van der Waals surface area contributed by atoms with Crippen molar-refractivity contribution in [3.63, 3.8) is 0 Å². The lowest BCUT2D eigenvalue weighted by Crippen LogP contribution is -2.12. The average molecular weight is 330 g/mol. The predicted octanol–water partition coefficient (Wildman–Crippen LogP) is 4.76. The van der Waals surface area contributed by atoms with Gasteiger partial charge in [0.2, 0.25) is 0 Å². The number of aryl methyl sites for hydroxylation is 3. The van der Waals surface area contributed by atoms with Gasteiger partial charge in [0.1, 0.15) is 10.7 Å². The van der Waals surface area contributed by atoms with E-state index in [9.17, 15) is 4.79 Å². The van der Waals surface area contributed by atoms with Crippen LogP contribution in [0.5, 0.6) is 0 Å². The Morgan fingerprint density at radius 2 is 1.86 bits per heavy atom. The van der Waals surface area contributed by atoms with Crippen molar-refractivity contribution < 1.29 is 0 Å². The van der Waals surface area contributed by atoms with E-state index < -0.39 is 0 Å². The van der Waals surface area contributed by atoms with Crippen LogP contribution in [0.15, 0.2) is 34.0 Å². The molecule has 0 amide bonds. The Hall–Kier alpha value is -1.59. The van der Waals surface area contributed by atoms with E-state index in [4.69, 9.17) is 0 Å². The Bertz CT molecular complexity index is 878. The van der Waals surface area contributed by atoms with Crippen LogP contribution < -0.4 is 5.56 Å². The molecular weight excluding hydrogens is 312 g/mol. The molecule has 3 aromatic rings. The molecule has 0 radical (unpaired) electrons. The van der Waals surface area contributed by atoms with Gasteiger partial charge in [0.25, 0.3) is 5.56 Å². The first-order chi connectivity index (χ1) is 10.5. The number of aromatic amines is 1. The SMILES string of the molecule is Cc1ccc(SC(C)c2nc3sc(C)c(C)c3c(=O)[nH]2)cc1. The van der Waals surface area contributed by atoms with Gasteiger partial charge in [-0.2, -0.15) is 0 Å². The van der Waals surface area contributed by atoms with E-state index in [0.717, 1.165) is 26.5 Å². The molecule has 3 nitrogen and oxygen atoms in total. The summed E-state index contributed by atoms with van der Waals surface area (Å²) in [5, 5.41) is 0.835. The van der Waals surface area contributed by atoms with Gasteiger partial charge in [0.15, 0.2) is 0 Å². The number of nitrogens with one attached hydrogen (secondary N) is 1. The Kier molecular flexibility index (Phi) is 4.10. The minimum atomic E-state index is -0.0294. The van der Waals surface area contributed by atoms with Crippen LogP contribution in [0.2, 0.25) is 0 Å². The number of thioether (sulfide) groups is 1. The maximum absolute atomic E-state index is 12.3. The second-order valence-corrected chi connectivity index (χ2v) is 8.11. The monoisotopic (exact) mass is 330 g/mol. The third kappa shape index (κ3) is 2.83. The zero-order valence-corrected chi connectivity index (χ0v) is 14.7. The molecule has 22 heavy (non-hydrogen) atoms. The van der Waals surface area contributed by atoms with Crippen molar-refractivity contribution in [1.29, 1.82) is 0 Å². The molecule has 2 aromatic heterocycles. The number of H-pyrrole nitrogens is 1. The molecule has 114 valence electrons. The molecule has 0 aliphatic heterocycles. The van der Waals surface area contributed by atoms with Crippen molar-refractivity contribution in [2.24, 2.45) is 0 Å². The molecule has 1 unspecified atom stereocenters. The molecule has 0 aliphatic rings. The Morgan fingerprint density at radius 3 is 2.55 bits per heavy atom. The van der Waals surface area contributed by atoms with Gasteiger partial charge >= 0.3 is 0 Å². The molecule has 0 spiro atoms. The van der Waals surface area contributed by atoms with Gasteiger partial charge in [-0.15, -0.1) is 23.1 Å². The van der Waals surface area contributed by atoms with Crippen molar-refractivity contribution in [2.75, 3.05) is 0 Å². The lowest BCUT2D eigenvalue weighted by Gasteiger charge is -2.10. The van der Waals surface area contributed by atoms with E-state index >= 15 is 0 Å². The molecular formula is C17H18N2OS2. The molecule has 0 bridgehead atoms. The zero-order valence-electron chi connectivity index (χ0n) is 13.1. The number of benzene rings is 1. The maximum atomic E-state index is 12.3. The third-order valence-electron chi connectivity index (χ3n) is 3.78. The highest BCUT2D eigenvalue weighted by Gasteiger charge is 2.16. The molecule has 0 saturated heterocycles. The number of rotatable bonds is 3. The normalized spacial score (nSPS) is 12.7. The first kappa shape index (κ1) is 15.3. The fourth-order valence-corrected chi connectivity index (χ4v) is 4.30. The van der Waals surface area contributed by atoms with Crippen LogP contribution in [-0.4, -0.2) is 9.97 Å². The number of nitrogens with zero attached hydrogens (tertiary/aromatic N) is 1. The van der Waals surface area contributed by atoms with Crippen LogP contribution in [0, 0.1) is 20.8 Å². The van der Waals surface area contributed by atoms with Crippen LogP contribution in [0.1, 0.15) is 34.0 Å². The maximum Gasteiger partial charge on any atom is 0.259 e. The highest BCUT2D eigenvalue weighted by atomic mass is 32.2. The number of thiophene rings is 1. The van der Waals surface area contributed by atoms with Gasteiger partial charge < -0.3 is 4.98 Å². The number of hydrogen-bond donors (Lipinski definition) is 1. The van der Waals surface area contributed by atoms with Crippen molar-refractivity contribution in [3.8, 4) is 0 Å². The lowest BCUT2D eigenvalue weighted by molar-refractivity contribution is 0.925. The third-order valence-corrected chi connectivity index (χ3v) is 6.00. The summed E-state index contributed by atoms with van der Waals surface area (Å²) in [7, 11) is 0. The Labute approximate surface area is 137 Å². The average Bonchev–Trinajstić information content (AvgIpc) is 2.77. The minimum absolute atomic E-state index is 0.0294. The van der Waals surface area contributed by atoms with Gasteiger partial charge in [-0.25, -0.2) is 4.98 Å². The summed E-state index contributed by atoms with van der Waals surface area (Å²) in [5.74, 6) is 0.740. The van der Waals surface area contributed by atoms with E-state index in [1.54, 1.807) is 23.1 Å². The van der Waals surface area contributed by atoms with Crippen LogP contribution in [0.3, 0.4) is 0 Å². The molecule has 3 rings (SSSR count). The smallest absolute Gasteiger partial charge is 0.259 e. The standard InChI is InChI=1S/C17H18N2OS2/c1-9-5-7-13(8-6-9)21-12(4)15-18-16(20)14-10(2)11(3)22-17(14)19-15/h5-8,12H,1-4H3,(H,18,19,20). The predicted molar refractivity (Wildman–Crippen MR) is 95.2 cm³/mol. The summed E-state index contributed by atoms with van der Waals surface area (Å²) < 4.78 is 0. The van der Waals surface area contributed by atoms with Gasteiger partial charge in [-0.1, -0.05) is 17.7 Å².